The maximum Gasteiger partial charge on any atom is 0.302 e. The fraction of sp³-hybridized carbons (Fsp3) is 0.885. The van der Waals surface area contributed by atoms with Crippen molar-refractivity contribution in [3.8, 4) is 0 Å². The molecule has 0 aromatic rings. The molecule has 4 fully saturated rings. The fourth-order valence-electron chi connectivity index (χ4n) is 8.74. The van der Waals surface area contributed by atoms with Crippen molar-refractivity contribution in [3.63, 3.8) is 0 Å². The molecule has 0 radical (unpaired) electrons. The minimum Gasteiger partial charge on any atom is -0.463 e. The highest BCUT2D eigenvalue weighted by Crippen LogP contribution is 2.67. The van der Waals surface area contributed by atoms with Crippen molar-refractivity contribution in [2.45, 2.75) is 104 Å². The highest BCUT2D eigenvalue weighted by Gasteiger charge is 2.64. The lowest BCUT2D eigenvalue weighted by atomic mass is 9.45. The zero-order valence-electron chi connectivity index (χ0n) is 20.7. The Morgan fingerprint density at radius 2 is 1.47 bits per heavy atom. The van der Waals surface area contributed by atoms with Gasteiger partial charge in [-0.2, -0.15) is 0 Å². The quantitative estimate of drug-likeness (QED) is 0.602. The number of likely N-dealkylation sites (N-methyl/N-ethyl adjacent to an activating group) is 1. The summed E-state index contributed by atoms with van der Waals surface area (Å²) >= 11 is 0. The first-order chi connectivity index (χ1) is 15.0. The highest BCUT2D eigenvalue weighted by atomic mass is 16.5. The van der Waals surface area contributed by atoms with Crippen LogP contribution in [0.3, 0.4) is 0 Å². The number of nitrogens with zero attached hydrogens (tertiary/aromatic N) is 1. The summed E-state index contributed by atoms with van der Waals surface area (Å²) in [4.78, 5) is 37.6. The normalized spacial score (nSPS) is 45.1. The van der Waals surface area contributed by atoms with Gasteiger partial charge in [-0.15, -0.1) is 0 Å². The van der Waals surface area contributed by atoms with Gasteiger partial charge >= 0.3 is 11.9 Å². The van der Waals surface area contributed by atoms with E-state index in [0.29, 0.717) is 23.7 Å². The van der Waals surface area contributed by atoms with Crippen LogP contribution in [0.25, 0.3) is 0 Å². The SMILES string of the molecule is CC(=O)O[C@H]1CC[C@@]2(C)[C@@H](CC[C@@H]3[C@@H]2CC[C@]2(C)[C@@H](N(C)C(C)=O)[C@H](OC(C)=O)C[C@@H]32)C1. The van der Waals surface area contributed by atoms with E-state index in [-0.39, 0.29) is 46.9 Å². The van der Waals surface area contributed by atoms with Crippen molar-refractivity contribution in [2.75, 3.05) is 7.05 Å². The Hall–Kier alpha value is -1.59. The third kappa shape index (κ3) is 3.75. The van der Waals surface area contributed by atoms with Gasteiger partial charge in [0.15, 0.2) is 0 Å². The molecule has 6 nitrogen and oxygen atoms in total. The van der Waals surface area contributed by atoms with E-state index < -0.39 is 0 Å². The molecule has 32 heavy (non-hydrogen) atoms. The largest absolute Gasteiger partial charge is 0.463 e. The second kappa shape index (κ2) is 8.32. The molecule has 0 aromatic carbocycles. The second-order valence-electron chi connectivity index (χ2n) is 11.7. The Morgan fingerprint density at radius 3 is 2.09 bits per heavy atom. The summed E-state index contributed by atoms with van der Waals surface area (Å²) in [5.41, 5.74) is 0.252. The highest BCUT2D eigenvalue weighted by molar-refractivity contribution is 5.73. The molecule has 180 valence electrons. The smallest absolute Gasteiger partial charge is 0.302 e. The van der Waals surface area contributed by atoms with E-state index in [0.717, 1.165) is 38.5 Å². The van der Waals surface area contributed by atoms with Crippen LogP contribution >= 0.6 is 0 Å². The van der Waals surface area contributed by atoms with Crippen LogP contribution in [0.15, 0.2) is 0 Å². The topological polar surface area (TPSA) is 72.9 Å². The molecule has 4 aliphatic rings. The average molecular weight is 448 g/mol. The van der Waals surface area contributed by atoms with Gasteiger partial charge in [0, 0.05) is 27.8 Å². The lowest BCUT2D eigenvalue weighted by Crippen LogP contribution is -2.57. The van der Waals surface area contributed by atoms with E-state index in [1.807, 2.05) is 11.9 Å². The van der Waals surface area contributed by atoms with Crippen LogP contribution in [0, 0.1) is 34.5 Å². The van der Waals surface area contributed by atoms with E-state index >= 15 is 0 Å². The number of carbonyl (C=O) groups is 3. The zero-order chi connectivity index (χ0) is 23.4. The predicted molar refractivity (Wildman–Crippen MR) is 120 cm³/mol. The molecule has 0 heterocycles. The van der Waals surface area contributed by atoms with E-state index in [1.54, 1.807) is 6.92 Å². The summed E-state index contributed by atoms with van der Waals surface area (Å²) in [5.74, 6) is 1.93. The monoisotopic (exact) mass is 447 g/mol. The molecule has 0 aliphatic heterocycles. The van der Waals surface area contributed by atoms with Crippen LogP contribution in [0.1, 0.15) is 86.0 Å². The van der Waals surface area contributed by atoms with Crippen molar-refractivity contribution in [2.24, 2.45) is 34.5 Å². The van der Waals surface area contributed by atoms with Crippen LogP contribution in [0.4, 0.5) is 0 Å². The first kappa shape index (κ1) is 23.6. The van der Waals surface area contributed by atoms with E-state index in [9.17, 15) is 14.4 Å². The molecule has 0 bridgehead atoms. The Bertz CT molecular complexity index is 782. The summed E-state index contributed by atoms with van der Waals surface area (Å²) < 4.78 is 11.4. The maximum atomic E-state index is 12.4. The van der Waals surface area contributed by atoms with Crippen LogP contribution in [0.5, 0.6) is 0 Å². The number of carbonyl (C=O) groups excluding carboxylic acids is 3. The summed E-state index contributed by atoms with van der Waals surface area (Å²) in [6.45, 7) is 9.43. The van der Waals surface area contributed by atoms with Crippen molar-refractivity contribution in [1.82, 2.24) is 4.90 Å². The molecule has 0 spiro atoms. The minimum absolute atomic E-state index is 0.0279. The summed E-state index contributed by atoms with van der Waals surface area (Å²) in [5, 5.41) is 0. The van der Waals surface area contributed by atoms with Crippen LogP contribution < -0.4 is 0 Å². The van der Waals surface area contributed by atoms with Crippen LogP contribution in [0.2, 0.25) is 0 Å². The lowest BCUT2D eigenvalue weighted by Gasteiger charge is -2.61. The number of rotatable bonds is 3. The molecule has 4 rings (SSSR count). The molecule has 6 heteroatoms. The molecular formula is C26H41NO5. The summed E-state index contributed by atoms with van der Waals surface area (Å²) in [6.07, 6.45) is 8.36. The van der Waals surface area contributed by atoms with Gasteiger partial charge in [0.2, 0.25) is 5.91 Å². The molecule has 0 N–H and O–H groups in total. The molecular weight excluding hydrogens is 406 g/mol. The Labute approximate surface area is 192 Å². The predicted octanol–water partition coefficient (Wildman–Crippen LogP) is 4.35. The molecule has 1 amide bonds. The van der Waals surface area contributed by atoms with Gasteiger partial charge in [0.25, 0.3) is 0 Å². The van der Waals surface area contributed by atoms with E-state index in [1.165, 1.54) is 26.7 Å². The standard InChI is InChI=1S/C26H41NO5/c1-15(28)27(6)24-23(32-17(3)30)14-22-20-8-7-18-13-19(31-16(2)29)9-11-25(18,4)21(20)10-12-26(22,24)5/h18-24H,7-14H2,1-6H3/t18-,19-,20+,21-,22-,23+,24-,25-,26-/m0/s1. The number of fused-ring (bicyclic) bond motifs is 5. The number of hydrogen-bond donors (Lipinski definition) is 0. The van der Waals surface area contributed by atoms with Crippen LogP contribution in [-0.4, -0.2) is 48.0 Å². The Balaban J connectivity index is 1.59. The number of ether oxygens (including phenoxy) is 2. The van der Waals surface area contributed by atoms with Gasteiger partial charge in [-0.05, 0) is 85.9 Å². The maximum absolute atomic E-state index is 12.4. The Morgan fingerprint density at radius 1 is 0.812 bits per heavy atom. The third-order valence-corrected chi connectivity index (χ3v) is 10.1. The molecule has 0 aromatic heterocycles. The van der Waals surface area contributed by atoms with Gasteiger partial charge in [-0.3, -0.25) is 14.4 Å². The molecule has 9 atom stereocenters. The first-order valence-corrected chi connectivity index (χ1v) is 12.5. The van der Waals surface area contributed by atoms with Crippen molar-refractivity contribution in [1.29, 1.82) is 0 Å². The van der Waals surface area contributed by atoms with E-state index in [4.69, 9.17) is 9.47 Å². The fourth-order valence-corrected chi connectivity index (χ4v) is 8.74. The minimum atomic E-state index is -0.254. The summed E-state index contributed by atoms with van der Waals surface area (Å²) in [7, 11) is 1.87. The van der Waals surface area contributed by atoms with Crippen LogP contribution in [-0.2, 0) is 23.9 Å². The van der Waals surface area contributed by atoms with Gasteiger partial charge in [0.05, 0.1) is 6.04 Å². The van der Waals surface area contributed by atoms with Crippen molar-refractivity contribution < 1.29 is 23.9 Å². The summed E-state index contributed by atoms with van der Waals surface area (Å²) in [6, 6.07) is -0.0555. The third-order valence-electron chi connectivity index (χ3n) is 10.1. The molecule has 4 aliphatic carbocycles. The number of hydrogen-bond acceptors (Lipinski definition) is 5. The zero-order valence-corrected chi connectivity index (χ0v) is 20.7. The van der Waals surface area contributed by atoms with Crippen molar-refractivity contribution in [3.05, 3.63) is 0 Å². The second-order valence-corrected chi connectivity index (χ2v) is 11.7. The lowest BCUT2D eigenvalue weighted by molar-refractivity contribution is -0.161. The van der Waals surface area contributed by atoms with Gasteiger partial charge < -0.3 is 14.4 Å². The molecule has 0 unspecified atom stereocenters. The van der Waals surface area contributed by atoms with Gasteiger partial charge in [-0.25, -0.2) is 0 Å². The average Bonchev–Trinajstić information content (AvgIpc) is 2.98. The first-order valence-electron chi connectivity index (χ1n) is 12.5. The van der Waals surface area contributed by atoms with Crippen molar-refractivity contribution >= 4 is 17.8 Å². The number of amides is 1. The van der Waals surface area contributed by atoms with Gasteiger partial charge in [-0.1, -0.05) is 13.8 Å². The van der Waals surface area contributed by atoms with Gasteiger partial charge in [0.1, 0.15) is 12.2 Å². The van der Waals surface area contributed by atoms with E-state index in [2.05, 4.69) is 13.8 Å². The molecule has 4 saturated carbocycles. The molecule has 0 saturated heterocycles. The Kier molecular flexibility index (Phi) is 6.13. The number of esters is 2.